The predicted molar refractivity (Wildman–Crippen MR) is 207 cm³/mol. The lowest BCUT2D eigenvalue weighted by atomic mass is 9.98. The number of rotatable bonds is 35. The van der Waals surface area contributed by atoms with Gasteiger partial charge in [0.05, 0.1) is 85.9 Å². The molecule has 1 N–H and O–H groups in total. The Morgan fingerprint density at radius 1 is 0.500 bits per heavy atom. The molecule has 0 heterocycles. The van der Waals surface area contributed by atoms with Gasteiger partial charge in [0.1, 0.15) is 13.2 Å². The van der Waals surface area contributed by atoms with E-state index in [-0.39, 0.29) is 18.5 Å². The SMILES string of the molecule is CCCCCCCCCC(=O)OCCOCCOCCOCCOCCOCCOCCOCCCNC(=O)OCC1c2ccccc2-c2ccccc21. The lowest BCUT2D eigenvalue weighted by Crippen LogP contribution is -2.27. The maximum atomic E-state index is 12.3. The van der Waals surface area contributed by atoms with Crippen LogP contribution >= 0.6 is 0 Å². The zero-order valence-electron chi connectivity index (χ0n) is 32.6. The summed E-state index contributed by atoms with van der Waals surface area (Å²) in [6, 6.07) is 16.6. The van der Waals surface area contributed by atoms with Crippen molar-refractivity contribution in [1.82, 2.24) is 5.32 Å². The van der Waals surface area contributed by atoms with E-state index in [9.17, 15) is 9.59 Å². The molecule has 0 unspecified atom stereocenters. The van der Waals surface area contributed by atoms with Crippen molar-refractivity contribution in [1.29, 1.82) is 0 Å². The Morgan fingerprint density at radius 2 is 0.926 bits per heavy atom. The molecule has 2 aromatic rings. The quantitative estimate of drug-likeness (QED) is 0.0595. The Morgan fingerprint density at radius 3 is 1.43 bits per heavy atom. The highest BCUT2D eigenvalue weighted by molar-refractivity contribution is 5.79. The first-order chi connectivity index (χ1) is 26.7. The molecule has 0 bridgehead atoms. The Bertz CT molecular complexity index is 1200. The van der Waals surface area contributed by atoms with E-state index in [4.69, 9.17) is 42.6 Å². The molecule has 0 aromatic heterocycles. The minimum Gasteiger partial charge on any atom is -0.463 e. The third kappa shape index (κ3) is 20.5. The van der Waals surface area contributed by atoms with Gasteiger partial charge in [0.15, 0.2) is 0 Å². The molecule has 0 saturated heterocycles. The molecule has 1 amide bonds. The van der Waals surface area contributed by atoms with Crippen molar-refractivity contribution in [2.45, 2.75) is 70.6 Å². The second-order valence-corrected chi connectivity index (χ2v) is 13.0. The van der Waals surface area contributed by atoms with Crippen molar-refractivity contribution in [2.75, 3.05) is 112 Å². The summed E-state index contributed by atoms with van der Waals surface area (Å²) < 4.78 is 49.3. The van der Waals surface area contributed by atoms with Gasteiger partial charge in [0.2, 0.25) is 0 Å². The minimum atomic E-state index is -0.416. The first-order valence-corrected chi connectivity index (χ1v) is 20.0. The number of unbranched alkanes of at least 4 members (excludes halogenated alkanes) is 6. The average Bonchev–Trinajstić information content (AvgIpc) is 3.51. The van der Waals surface area contributed by atoms with Gasteiger partial charge in [0.25, 0.3) is 0 Å². The number of benzene rings is 2. The molecule has 304 valence electrons. The molecule has 0 fully saturated rings. The zero-order chi connectivity index (χ0) is 38.2. The standard InChI is InChI=1S/C42H65NO11/c1-2-3-4-5-6-7-8-18-41(44)53-34-33-52-32-31-51-30-29-50-28-27-49-26-25-48-24-23-47-22-21-46-20-13-19-43-42(45)54-35-40-38-16-11-9-14-36(38)37-15-10-12-17-39(37)40/h9-12,14-17,40H,2-8,13,18-35H2,1H3,(H,43,45). The van der Waals surface area contributed by atoms with Crippen molar-refractivity contribution in [3.8, 4) is 11.1 Å². The normalized spacial score (nSPS) is 12.1. The number of nitrogens with one attached hydrogen (secondary N) is 1. The molecule has 0 radical (unpaired) electrons. The van der Waals surface area contributed by atoms with Gasteiger partial charge in [-0.15, -0.1) is 0 Å². The number of ether oxygens (including phenoxy) is 9. The summed E-state index contributed by atoms with van der Waals surface area (Å²) in [7, 11) is 0. The number of amides is 1. The van der Waals surface area contributed by atoms with Crippen molar-refractivity contribution in [2.24, 2.45) is 0 Å². The smallest absolute Gasteiger partial charge is 0.407 e. The summed E-state index contributed by atoms with van der Waals surface area (Å²) in [6.07, 6.45) is 9.04. The van der Waals surface area contributed by atoms with Crippen LogP contribution in [0.25, 0.3) is 11.1 Å². The van der Waals surface area contributed by atoms with Crippen molar-refractivity contribution >= 4 is 12.1 Å². The lowest BCUT2D eigenvalue weighted by Gasteiger charge is -2.14. The molecule has 54 heavy (non-hydrogen) atoms. The van der Waals surface area contributed by atoms with Crippen LogP contribution in [0.3, 0.4) is 0 Å². The van der Waals surface area contributed by atoms with E-state index in [1.165, 1.54) is 54.4 Å². The maximum absolute atomic E-state index is 12.3. The van der Waals surface area contributed by atoms with Crippen LogP contribution in [-0.4, -0.2) is 124 Å². The Hall–Kier alpha value is -3.10. The van der Waals surface area contributed by atoms with E-state index in [0.717, 1.165) is 12.8 Å². The molecule has 0 atom stereocenters. The molecule has 3 rings (SSSR count). The fourth-order valence-electron chi connectivity index (χ4n) is 5.95. The molecular formula is C42H65NO11. The van der Waals surface area contributed by atoms with Crippen LogP contribution in [0.4, 0.5) is 4.79 Å². The number of hydrogen-bond donors (Lipinski definition) is 1. The molecule has 12 nitrogen and oxygen atoms in total. The van der Waals surface area contributed by atoms with Gasteiger partial charge < -0.3 is 47.9 Å². The van der Waals surface area contributed by atoms with Crippen LogP contribution in [-0.2, 0) is 47.4 Å². The summed E-state index contributed by atoms with van der Waals surface area (Å²) in [4.78, 5) is 24.0. The average molecular weight is 760 g/mol. The van der Waals surface area contributed by atoms with E-state index in [0.29, 0.717) is 118 Å². The van der Waals surface area contributed by atoms with Gasteiger partial charge in [-0.3, -0.25) is 4.79 Å². The van der Waals surface area contributed by atoms with E-state index < -0.39 is 6.09 Å². The number of esters is 1. The maximum Gasteiger partial charge on any atom is 0.407 e. The van der Waals surface area contributed by atoms with Crippen molar-refractivity contribution in [3.63, 3.8) is 0 Å². The van der Waals surface area contributed by atoms with E-state index in [1.807, 2.05) is 24.3 Å². The highest BCUT2D eigenvalue weighted by Gasteiger charge is 2.28. The third-order valence-electron chi connectivity index (χ3n) is 8.79. The number of alkyl carbamates (subject to hydrolysis) is 1. The second kappa shape index (κ2) is 31.1. The Kier molecular flexibility index (Phi) is 26.1. The molecule has 1 aliphatic carbocycles. The topological polar surface area (TPSA) is 129 Å². The monoisotopic (exact) mass is 759 g/mol. The van der Waals surface area contributed by atoms with Crippen LogP contribution in [0.2, 0.25) is 0 Å². The number of carbonyl (C=O) groups excluding carboxylic acids is 2. The number of carbonyl (C=O) groups is 2. The van der Waals surface area contributed by atoms with E-state index in [2.05, 4.69) is 36.5 Å². The van der Waals surface area contributed by atoms with Crippen LogP contribution in [0.1, 0.15) is 81.8 Å². The first kappa shape index (κ1) is 45.3. The van der Waals surface area contributed by atoms with E-state index >= 15 is 0 Å². The molecule has 2 aromatic carbocycles. The minimum absolute atomic E-state index is 0.0491. The van der Waals surface area contributed by atoms with Gasteiger partial charge in [-0.05, 0) is 35.1 Å². The third-order valence-corrected chi connectivity index (χ3v) is 8.79. The van der Waals surface area contributed by atoms with Crippen LogP contribution in [0.15, 0.2) is 48.5 Å². The van der Waals surface area contributed by atoms with Crippen LogP contribution in [0, 0.1) is 0 Å². The Labute approximate surface area is 322 Å². The van der Waals surface area contributed by atoms with Gasteiger partial charge in [-0.1, -0.05) is 94.0 Å². The van der Waals surface area contributed by atoms with E-state index in [1.54, 1.807) is 0 Å². The molecule has 12 heteroatoms. The van der Waals surface area contributed by atoms with Gasteiger partial charge in [-0.2, -0.15) is 0 Å². The first-order valence-electron chi connectivity index (χ1n) is 20.0. The number of fused-ring (bicyclic) bond motifs is 3. The largest absolute Gasteiger partial charge is 0.463 e. The van der Waals surface area contributed by atoms with Crippen molar-refractivity contribution < 1.29 is 52.2 Å². The van der Waals surface area contributed by atoms with Gasteiger partial charge >= 0.3 is 12.1 Å². The molecule has 0 aliphatic heterocycles. The summed E-state index contributed by atoms with van der Waals surface area (Å²) in [5.41, 5.74) is 4.81. The molecular weight excluding hydrogens is 694 g/mol. The summed E-state index contributed by atoms with van der Waals surface area (Å²) in [5, 5.41) is 2.81. The van der Waals surface area contributed by atoms with Crippen LogP contribution in [0.5, 0.6) is 0 Å². The Balaban J connectivity index is 0.962. The fourth-order valence-corrected chi connectivity index (χ4v) is 5.95. The number of hydrogen-bond acceptors (Lipinski definition) is 11. The molecule has 0 saturated carbocycles. The highest BCUT2D eigenvalue weighted by Crippen LogP contribution is 2.44. The molecule has 1 aliphatic rings. The fraction of sp³-hybridized carbons (Fsp3) is 0.667. The van der Waals surface area contributed by atoms with Crippen LogP contribution < -0.4 is 5.32 Å². The summed E-state index contributed by atoms with van der Waals surface area (Å²) >= 11 is 0. The van der Waals surface area contributed by atoms with Gasteiger partial charge in [-0.25, -0.2) is 4.79 Å². The zero-order valence-corrected chi connectivity index (χ0v) is 32.6. The predicted octanol–water partition coefficient (Wildman–Crippen LogP) is 6.72. The lowest BCUT2D eigenvalue weighted by molar-refractivity contribution is -0.145. The highest BCUT2D eigenvalue weighted by atomic mass is 16.6. The summed E-state index contributed by atoms with van der Waals surface area (Å²) in [6.45, 7) is 9.90. The molecule has 0 spiro atoms. The van der Waals surface area contributed by atoms with Crippen molar-refractivity contribution in [3.05, 3.63) is 59.7 Å². The summed E-state index contributed by atoms with van der Waals surface area (Å²) in [5.74, 6) is -0.0948. The second-order valence-electron chi connectivity index (χ2n) is 13.0. The van der Waals surface area contributed by atoms with Gasteiger partial charge in [0, 0.05) is 25.5 Å².